The molecule has 31 heavy (non-hydrogen) atoms. The number of ketones is 1. The van der Waals surface area contributed by atoms with Gasteiger partial charge in [0.1, 0.15) is 0 Å². The molecule has 3 aromatic carbocycles. The van der Waals surface area contributed by atoms with E-state index in [0.717, 1.165) is 29.5 Å². The van der Waals surface area contributed by atoms with Crippen molar-refractivity contribution < 1.29 is 22.0 Å². The van der Waals surface area contributed by atoms with Gasteiger partial charge in [-0.05, 0) is 36.8 Å². The third-order valence-corrected chi connectivity index (χ3v) is 6.71. The van der Waals surface area contributed by atoms with Gasteiger partial charge in [-0.2, -0.15) is 0 Å². The number of nitrogens with one attached hydrogen (secondary N) is 1. The number of aryl methyl sites for hydroxylation is 1. The van der Waals surface area contributed by atoms with Crippen LogP contribution in [0.4, 0.5) is 20.2 Å². The summed E-state index contributed by atoms with van der Waals surface area (Å²) in [5.41, 5.74) is 2.43. The van der Waals surface area contributed by atoms with Gasteiger partial charge in [0.2, 0.25) is 5.78 Å². The molecule has 0 spiro atoms. The molecule has 0 atom stereocenters. The summed E-state index contributed by atoms with van der Waals surface area (Å²) in [5, 5.41) is 2.60. The van der Waals surface area contributed by atoms with Crippen molar-refractivity contribution in [3.05, 3.63) is 106 Å². The molecular weight excluding hydrogens is 422 g/mol. The molecule has 0 aromatic heterocycles. The first kappa shape index (κ1) is 20.7. The molecule has 0 aliphatic carbocycles. The van der Waals surface area contributed by atoms with Gasteiger partial charge in [0.25, 0.3) is 10.0 Å². The number of hydrogen-bond donors (Lipinski definition) is 1. The van der Waals surface area contributed by atoms with E-state index in [1.165, 1.54) is 10.4 Å². The number of fused-ring (bicyclic) bond motifs is 1. The lowest BCUT2D eigenvalue weighted by Crippen LogP contribution is -2.39. The van der Waals surface area contributed by atoms with Gasteiger partial charge in [-0.3, -0.25) is 9.10 Å². The first-order valence-corrected chi connectivity index (χ1v) is 10.8. The van der Waals surface area contributed by atoms with E-state index in [9.17, 15) is 22.0 Å². The molecule has 1 heterocycles. The van der Waals surface area contributed by atoms with Crippen LogP contribution >= 0.6 is 0 Å². The first-order valence-electron chi connectivity index (χ1n) is 9.41. The Morgan fingerprint density at radius 1 is 0.968 bits per heavy atom. The maximum atomic E-state index is 13.5. The zero-order valence-corrected chi connectivity index (χ0v) is 17.3. The number of sulfonamides is 1. The Labute approximate surface area is 178 Å². The summed E-state index contributed by atoms with van der Waals surface area (Å²) in [6, 6.07) is 16.9. The molecular formula is C23H18F2N2O3S. The van der Waals surface area contributed by atoms with Crippen molar-refractivity contribution in [3.63, 3.8) is 0 Å². The molecule has 158 valence electrons. The largest absolute Gasteiger partial charge is 0.360 e. The van der Waals surface area contributed by atoms with Crippen LogP contribution in [0.25, 0.3) is 0 Å². The molecule has 0 amide bonds. The van der Waals surface area contributed by atoms with Crippen LogP contribution in [0.1, 0.15) is 21.5 Å². The van der Waals surface area contributed by atoms with Crippen molar-refractivity contribution in [1.29, 1.82) is 0 Å². The van der Waals surface area contributed by atoms with Gasteiger partial charge >= 0.3 is 0 Å². The van der Waals surface area contributed by atoms with Gasteiger partial charge in [-0.15, -0.1) is 0 Å². The number of para-hydroxylation sites is 1. The van der Waals surface area contributed by atoms with E-state index < -0.39 is 32.3 Å². The van der Waals surface area contributed by atoms with E-state index in [1.54, 1.807) is 24.3 Å². The number of Topliss-reactive ketones (excluding diaryl/α,β-unsaturated/α-hetero) is 1. The van der Waals surface area contributed by atoms with Crippen molar-refractivity contribution in [3.8, 4) is 0 Å². The van der Waals surface area contributed by atoms with E-state index >= 15 is 0 Å². The smallest absolute Gasteiger partial charge is 0.270 e. The molecule has 5 nitrogen and oxygen atoms in total. The first-order chi connectivity index (χ1) is 14.8. The summed E-state index contributed by atoms with van der Waals surface area (Å²) >= 11 is 0. The van der Waals surface area contributed by atoms with Gasteiger partial charge in [-0.1, -0.05) is 42.0 Å². The van der Waals surface area contributed by atoms with E-state index in [1.807, 2.05) is 31.2 Å². The summed E-state index contributed by atoms with van der Waals surface area (Å²) in [7, 11) is -4.21. The molecule has 8 heteroatoms. The fourth-order valence-corrected chi connectivity index (χ4v) is 4.81. The molecule has 1 aliphatic heterocycles. The number of nitrogens with zero attached hydrogens (tertiary/aromatic N) is 1. The lowest BCUT2D eigenvalue weighted by molar-refractivity contribution is 0.104. The van der Waals surface area contributed by atoms with E-state index in [4.69, 9.17) is 0 Å². The summed E-state index contributed by atoms with van der Waals surface area (Å²) in [6.07, 6.45) is 1.02. The van der Waals surface area contributed by atoms with Crippen LogP contribution in [0.3, 0.4) is 0 Å². The molecule has 0 fully saturated rings. The third kappa shape index (κ3) is 3.94. The van der Waals surface area contributed by atoms with Crippen LogP contribution in [0.15, 0.2) is 77.8 Å². The summed E-state index contributed by atoms with van der Waals surface area (Å²) in [6.45, 7) is 1.97. The second-order valence-electron chi connectivity index (χ2n) is 7.13. The highest BCUT2D eigenvalue weighted by Gasteiger charge is 2.40. The van der Waals surface area contributed by atoms with Crippen LogP contribution in [-0.2, 0) is 16.6 Å². The van der Waals surface area contributed by atoms with Crippen molar-refractivity contribution in [2.75, 3.05) is 9.62 Å². The minimum absolute atomic E-state index is 0.0371. The molecule has 0 unspecified atom stereocenters. The molecule has 0 bridgehead atoms. The van der Waals surface area contributed by atoms with Crippen LogP contribution in [-0.4, -0.2) is 14.2 Å². The molecule has 0 saturated carbocycles. The lowest BCUT2D eigenvalue weighted by atomic mass is 10.1. The Morgan fingerprint density at radius 3 is 2.39 bits per heavy atom. The van der Waals surface area contributed by atoms with Crippen molar-refractivity contribution in [2.45, 2.75) is 13.5 Å². The Morgan fingerprint density at radius 2 is 1.68 bits per heavy atom. The van der Waals surface area contributed by atoms with E-state index in [-0.39, 0.29) is 23.5 Å². The zero-order valence-electron chi connectivity index (χ0n) is 16.5. The van der Waals surface area contributed by atoms with Gasteiger partial charge in [0, 0.05) is 23.5 Å². The number of allylic oxidation sites excluding steroid dienone is 1. The summed E-state index contributed by atoms with van der Waals surface area (Å²) in [5.74, 6) is -2.80. The number of rotatable bonds is 4. The molecule has 1 aliphatic rings. The molecule has 3 aromatic rings. The number of anilines is 2. The topological polar surface area (TPSA) is 66.5 Å². The number of benzene rings is 3. The van der Waals surface area contributed by atoms with E-state index in [2.05, 4.69) is 5.32 Å². The highest BCUT2D eigenvalue weighted by atomic mass is 32.2. The minimum atomic E-state index is -4.21. The Balaban J connectivity index is 1.76. The molecule has 0 radical (unpaired) electrons. The maximum Gasteiger partial charge on any atom is 0.270 e. The normalized spacial score (nSPS) is 16.3. The molecule has 1 N–H and O–H groups in total. The fourth-order valence-electron chi connectivity index (χ4n) is 3.29. The van der Waals surface area contributed by atoms with Crippen molar-refractivity contribution >= 4 is 27.2 Å². The second kappa shape index (κ2) is 7.96. The van der Waals surface area contributed by atoms with Gasteiger partial charge < -0.3 is 5.32 Å². The Bertz CT molecular complexity index is 1300. The predicted molar refractivity (Wildman–Crippen MR) is 115 cm³/mol. The fraction of sp³-hybridized carbons (Fsp3) is 0.0870. The number of halogens is 2. The van der Waals surface area contributed by atoms with Crippen LogP contribution in [0, 0.1) is 18.6 Å². The van der Waals surface area contributed by atoms with Gasteiger partial charge in [0.15, 0.2) is 16.5 Å². The monoisotopic (exact) mass is 440 g/mol. The van der Waals surface area contributed by atoms with Crippen LogP contribution in [0.2, 0.25) is 0 Å². The van der Waals surface area contributed by atoms with E-state index in [0.29, 0.717) is 0 Å². The summed E-state index contributed by atoms with van der Waals surface area (Å²) < 4.78 is 54.5. The minimum Gasteiger partial charge on any atom is -0.360 e. The third-order valence-electron chi connectivity index (χ3n) is 4.95. The van der Waals surface area contributed by atoms with Crippen molar-refractivity contribution in [2.24, 2.45) is 0 Å². The average molecular weight is 440 g/mol. The lowest BCUT2D eigenvalue weighted by Gasteiger charge is -2.31. The molecule has 0 saturated heterocycles. The quantitative estimate of drug-likeness (QED) is 0.594. The summed E-state index contributed by atoms with van der Waals surface area (Å²) in [4.78, 5) is 12.5. The standard InChI is InChI=1S/C23H18F2N2O3S/c1-15-6-8-16(9-7-15)14-27-21-5-3-2-4-18(21)23(28)22(31(27,29)30)13-26-17-10-11-19(24)20(25)12-17/h2-13,26H,14H2,1H3. The van der Waals surface area contributed by atoms with Gasteiger partial charge in [-0.25, -0.2) is 17.2 Å². The predicted octanol–water partition coefficient (Wildman–Crippen LogP) is 4.76. The van der Waals surface area contributed by atoms with Crippen molar-refractivity contribution in [1.82, 2.24) is 0 Å². The molecule has 4 rings (SSSR count). The van der Waals surface area contributed by atoms with Gasteiger partial charge in [0.05, 0.1) is 12.2 Å². The zero-order chi connectivity index (χ0) is 22.2. The SMILES string of the molecule is Cc1ccc(CN2c3ccccc3C(=O)C(=CNc3ccc(F)c(F)c3)S2(=O)=O)cc1. The maximum absolute atomic E-state index is 13.5. The number of carbonyl (C=O) groups is 1. The van der Waals surface area contributed by atoms with Crippen LogP contribution < -0.4 is 9.62 Å². The Hall–Kier alpha value is -3.52. The average Bonchev–Trinajstić information content (AvgIpc) is 2.75. The number of hydrogen-bond acceptors (Lipinski definition) is 4. The highest BCUT2D eigenvalue weighted by Crippen LogP contribution is 2.36. The van der Waals surface area contributed by atoms with Crippen LogP contribution in [0.5, 0.6) is 0 Å². The Kier molecular flexibility index (Phi) is 5.32. The highest BCUT2D eigenvalue weighted by molar-refractivity contribution is 7.97. The number of carbonyl (C=O) groups excluding carboxylic acids is 1. The second-order valence-corrected chi connectivity index (χ2v) is 8.96.